The minimum Gasteiger partial charge on any atom is -0.497 e. The first-order valence-electron chi connectivity index (χ1n) is 6.58. The van der Waals surface area contributed by atoms with Crippen LogP contribution >= 0.6 is 0 Å². The Hall–Kier alpha value is -2.83. The summed E-state index contributed by atoms with van der Waals surface area (Å²) < 4.78 is 6.36. The Morgan fingerprint density at radius 1 is 1.36 bits per heavy atom. The number of carboxylic acid groups (broad SMARTS) is 1. The molecule has 1 heterocycles. The second-order valence-electron chi connectivity index (χ2n) is 5.22. The van der Waals surface area contributed by atoms with Crippen LogP contribution in [0.1, 0.15) is 24.2 Å². The second kappa shape index (κ2) is 5.88. The van der Waals surface area contributed by atoms with Crippen LogP contribution in [-0.4, -0.2) is 33.9 Å². The molecule has 1 aromatic heterocycles. The third-order valence-corrected chi connectivity index (χ3v) is 3.27. The zero-order chi connectivity index (χ0) is 16.3. The van der Waals surface area contributed by atoms with E-state index in [1.165, 1.54) is 38.0 Å². The summed E-state index contributed by atoms with van der Waals surface area (Å²) in [5.41, 5.74) is -0.342. The van der Waals surface area contributed by atoms with Gasteiger partial charge in [0.2, 0.25) is 0 Å². The van der Waals surface area contributed by atoms with E-state index in [1.807, 2.05) is 0 Å². The summed E-state index contributed by atoms with van der Waals surface area (Å²) in [5.74, 6) is -0.761. The summed E-state index contributed by atoms with van der Waals surface area (Å²) in [7, 11) is 1.52. The average molecular weight is 303 g/mol. The molecule has 0 saturated carbocycles. The van der Waals surface area contributed by atoms with E-state index in [9.17, 15) is 9.59 Å². The van der Waals surface area contributed by atoms with Gasteiger partial charge >= 0.3 is 5.97 Å². The van der Waals surface area contributed by atoms with Gasteiger partial charge < -0.3 is 15.2 Å². The Labute approximate surface area is 127 Å². The van der Waals surface area contributed by atoms with Crippen LogP contribution < -0.4 is 10.1 Å². The van der Waals surface area contributed by atoms with Gasteiger partial charge in [0, 0.05) is 11.8 Å². The van der Waals surface area contributed by atoms with Crippen LogP contribution in [0.4, 0.5) is 5.69 Å². The molecule has 2 aromatic rings. The van der Waals surface area contributed by atoms with Crippen LogP contribution in [0.3, 0.4) is 0 Å². The van der Waals surface area contributed by atoms with Crippen molar-refractivity contribution < 1.29 is 19.4 Å². The Balaban J connectivity index is 2.16. The molecular formula is C15H17N3O4. The average Bonchev–Trinajstić information content (AvgIpc) is 2.96. The van der Waals surface area contributed by atoms with E-state index < -0.39 is 11.5 Å². The van der Waals surface area contributed by atoms with Crippen LogP contribution in [0.15, 0.2) is 36.7 Å². The number of carboxylic acids is 1. The van der Waals surface area contributed by atoms with Crippen molar-refractivity contribution in [1.29, 1.82) is 0 Å². The standard InChI is InChI=1S/C15H17N3O4/c1-15(2,14(20)21)18-9-11(8-16-18)17-13(19)10-5-4-6-12(7-10)22-3/h4-9H,1-3H3,(H,17,19)(H,20,21). The van der Waals surface area contributed by atoms with Crippen LogP contribution in [-0.2, 0) is 10.3 Å². The summed E-state index contributed by atoms with van der Waals surface area (Å²) in [5, 5.41) is 15.8. The quantitative estimate of drug-likeness (QED) is 0.880. The van der Waals surface area contributed by atoms with Crippen LogP contribution in [0.2, 0.25) is 0 Å². The van der Waals surface area contributed by atoms with Gasteiger partial charge in [0.05, 0.1) is 19.0 Å². The van der Waals surface area contributed by atoms with Gasteiger partial charge in [-0.2, -0.15) is 5.10 Å². The molecular weight excluding hydrogens is 286 g/mol. The number of benzene rings is 1. The number of amides is 1. The molecule has 0 fully saturated rings. The molecule has 0 aliphatic carbocycles. The van der Waals surface area contributed by atoms with E-state index in [1.54, 1.807) is 24.3 Å². The van der Waals surface area contributed by atoms with Gasteiger partial charge in [-0.1, -0.05) is 6.07 Å². The van der Waals surface area contributed by atoms with Gasteiger partial charge in [-0.15, -0.1) is 0 Å². The fourth-order valence-corrected chi connectivity index (χ4v) is 1.76. The molecule has 2 rings (SSSR count). The SMILES string of the molecule is COc1cccc(C(=O)Nc2cnn(C(C)(C)C(=O)O)c2)c1. The number of nitrogens with zero attached hydrogens (tertiary/aromatic N) is 2. The van der Waals surface area contributed by atoms with Gasteiger partial charge in [0.25, 0.3) is 5.91 Å². The molecule has 0 radical (unpaired) electrons. The lowest BCUT2D eigenvalue weighted by Crippen LogP contribution is -2.35. The molecule has 1 amide bonds. The maximum Gasteiger partial charge on any atom is 0.331 e. The van der Waals surface area contributed by atoms with E-state index in [4.69, 9.17) is 9.84 Å². The van der Waals surface area contributed by atoms with Crippen molar-refractivity contribution >= 4 is 17.6 Å². The molecule has 0 aliphatic heterocycles. The largest absolute Gasteiger partial charge is 0.497 e. The first-order valence-corrected chi connectivity index (χ1v) is 6.58. The Morgan fingerprint density at radius 2 is 2.09 bits per heavy atom. The van der Waals surface area contributed by atoms with Gasteiger partial charge in [0.1, 0.15) is 5.75 Å². The van der Waals surface area contributed by atoms with Crippen molar-refractivity contribution in [2.24, 2.45) is 0 Å². The Morgan fingerprint density at radius 3 is 2.73 bits per heavy atom. The molecule has 22 heavy (non-hydrogen) atoms. The summed E-state index contributed by atoms with van der Waals surface area (Å²) in [4.78, 5) is 23.3. The molecule has 0 bridgehead atoms. The topological polar surface area (TPSA) is 93.5 Å². The van der Waals surface area contributed by atoms with E-state index in [0.717, 1.165) is 0 Å². The highest BCUT2D eigenvalue weighted by Gasteiger charge is 2.30. The number of aliphatic carboxylic acids is 1. The van der Waals surface area contributed by atoms with Crippen molar-refractivity contribution in [1.82, 2.24) is 9.78 Å². The first-order chi connectivity index (χ1) is 10.3. The number of methoxy groups -OCH3 is 1. The molecule has 0 atom stereocenters. The molecule has 7 nitrogen and oxygen atoms in total. The smallest absolute Gasteiger partial charge is 0.331 e. The predicted molar refractivity (Wildman–Crippen MR) is 80.1 cm³/mol. The van der Waals surface area contributed by atoms with E-state index in [0.29, 0.717) is 17.0 Å². The lowest BCUT2D eigenvalue weighted by atomic mass is 10.1. The van der Waals surface area contributed by atoms with Crippen molar-refractivity contribution in [3.63, 3.8) is 0 Å². The summed E-state index contributed by atoms with van der Waals surface area (Å²) >= 11 is 0. The number of aromatic nitrogens is 2. The van der Waals surface area contributed by atoms with Crippen LogP contribution in [0.5, 0.6) is 5.75 Å². The third kappa shape index (κ3) is 3.08. The highest BCUT2D eigenvalue weighted by molar-refractivity contribution is 6.04. The van der Waals surface area contributed by atoms with Crippen LogP contribution in [0.25, 0.3) is 0 Å². The predicted octanol–water partition coefficient (Wildman–Crippen LogP) is 1.96. The number of hydrogen-bond donors (Lipinski definition) is 2. The monoisotopic (exact) mass is 303 g/mol. The zero-order valence-electron chi connectivity index (χ0n) is 12.5. The highest BCUT2D eigenvalue weighted by Crippen LogP contribution is 2.18. The van der Waals surface area contributed by atoms with Crippen molar-refractivity contribution in [2.45, 2.75) is 19.4 Å². The summed E-state index contributed by atoms with van der Waals surface area (Å²) in [6.07, 6.45) is 2.88. The maximum absolute atomic E-state index is 12.2. The number of ether oxygens (including phenoxy) is 1. The Bertz CT molecular complexity index is 706. The van der Waals surface area contributed by atoms with Gasteiger partial charge in [-0.05, 0) is 32.0 Å². The van der Waals surface area contributed by atoms with Gasteiger partial charge in [-0.3, -0.25) is 9.48 Å². The molecule has 7 heteroatoms. The molecule has 0 unspecified atom stereocenters. The molecule has 116 valence electrons. The summed E-state index contributed by atoms with van der Waals surface area (Å²) in [6, 6.07) is 6.72. The number of hydrogen-bond acceptors (Lipinski definition) is 4. The van der Waals surface area contributed by atoms with Gasteiger partial charge in [0.15, 0.2) is 5.54 Å². The maximum atomic E-state index is 12.2. The molecule has 0 aliphatic rings. The molecule has 1 aromatic carbocycles. The lowest BCUT2D eigenvalue weighted by Gasteiger charge is -2.19. The zero-order valence-corrected chi connectivity index (χ0v) is 12.5. The number of rotatable bonds is 5. The Kier molecular flexibility index (Phi) is 4.16. The summed E-state index contributed by atoms with van der Waals surface area (Å²) in [6.45, 7) is 3.05. The first kappa shape index (κ1) is 15.6. The number of nitrogens with one attached hydrogen (secondary N) is 1. The fourth-order valence-electron chi connectivity index (χ4n) is 1.76. The van der Waals surface area contributed by atoms with E-state index >= 15 is 0 Å². The van der Waals surface area contributed by atoms with E-state index in [-0.39, 0.29) is 5.91 Å². The minimum absolute atomic E-state index is 0.327. The number of anilines is 1. The number of carbonyl (C=O) groups excluding carboxylic acids is 1. The van der Waals surface area contributed by atoms with E-state index in [2.05, 4.69) is 10.4 Å². The molecule has 2 N–H and O–H groups in total. The number of carbonyl (C=O) groups is 2. The molecule has 0 saturated heterocycles. The van der Waals surface area contributed by atoms with Crippen molar-refractivity contribution in [2.75, 3.05) is 12.4 Å². The fraction of sp³-hybridized carbons (Fsp3) is 0.267. The third-order valence-electron chi connectivity index (χ3n) is 3.27. The minimum atomic E-state index is -1.20. The molecule has 0 spiro atoms. The highest BCUT2D eigenvalue weighted by atomic mass is 16.5. The lowest BCUT2D eigenvalue weighted by molar-refractivity contribution is -0.146. The van der Waals surface area contributed by atoms with Crippen LogP contribution in [0, 0.1) is 0 Å². The normalized spacial score (nSPS) is 11.0. The van der Waals surface area contributed by atoms with Gasteiger partial charge in [-0.25, -0.2) is 4.79 Å². The van der Waals surface area contributed by atoms with Crippen molar-refractivity contribution in [3.8, 4) is 5.75 Å². The van der Waals surface area contributed by atoms with Crippen molar-refractivity contribution in [3.05, 3.63) is 42.2 Å². The second-order valence-corrected chi connectivity index (χ2v) is 5.22.